The first-order valence-corrected chi connectivity index (χ1v) is 7.43. The van der Waals surface area contributed by atoms with Crippen LogP contribution in [0.3, 0.4) is 0 Å². The van der Waals surface area contributed by atoms with Crippen molar-refractivity contribution in [2.75, 3.05) is 18.1 Å². The maximum Gasteiger partial charge on any atom is 0.335 e. The highest BCUT2D eigenvalue weighted by atomic mass is 32.2. The van der Waals surface area contributed by atoms with E-state index < -0.39 is 21.1 Å². The Bertz CT molecular complexity index is 565. The molecule has 6 nitrogen and oxygen atoms in total. The zero-order valence-corrected chi connectivity index (χ0v) is 11.6. The number of rotatable bonds is 6. The number of nitrogen functional groups attached to an aromatic ring is 1. The van der Waals surface area contributed by atoms with Gasteiger partial charge in [-0.05, 0) is 32.0 Å². The number of hydrogen-bond donors (Lipinski definition) is 2. The minimum Gasteiger partial charge on any atom is -0.490 e. The summed E-state index contributed by atoms with van der Waals surface area (Å²) >= 11 is 0. The third-order valence-corrected chi connectivity index (χ3v) is 4.78. The van der Waals surface area contributed by atoms with Crippen LogP contribution in [-0.2, 0) is 9.84 Å². The zero-order chi connectivity index (χ0) is 14.6. The third kappa shape index (κ3) is 4.13. The molecule has 3 N–H and O–H groups in total. The molecule has 0 unspecified atom stereocenters. The summed E-state index contributed by atoms with van der Waals surface area (Å²) in [5.41, 5.74) is 5.94. The molecule has 0 heterocycles. The molecule has 1 rings (SSSR count). The standard InChI is InChI=1S/C12H17NO5S/c1-8(2)19(16,17)6-5-18-11-7-9(12(14)15)3-4-10(11)13/h3-4,7-8H,5-6,13H2,1-2H3,(H,14,15). The quantitative estimate of drug-likeness (QED) is 0.760. The number of hydrogen-bond acceptors (Lipinski definition) is 5. The van der Waals surface area contributed by atoms with Crippen molar-refractivity contribution in [1.29, 1.82) is 0 Å². The summed E-state index contributed by atoms with van der Waals surface area (Å²) < 4.78 is 28.4. The number of ether oxygens (including phenoxy) is 1. The van der Waals surface area contributed by atoms with Gasteiger partial charge in [-0.3, -0.25) is 0 Å². The summed E-state index contributed by atoms with van der Waals surface area (Å²) in [4.78, 5) is 10.8. The second-order valence-corrected chi connectivity index (χ2v) is 7.00. The summed E-state index contributed by atoms with van der Waals surface area (Å²) in [5, 5.41) is 8.36. The molecule has 19 heavy (non-hydrogen) atoms. The van der Waals surface area contributed by atoms with E-state index in [1.165, 1.54) is 18.2 Å². The molecule has 7 heteroatoms. The van der Waals surface area contributed by atoms with Gasteiger partial charge < -0.3 is 15.6 Å². The van der Waals surface area contributed by atoms with Gasteiger partial charge in [0.25, 0.3) is 0 Å². The van der Waals surface area contributed by atoms with Crippen LogP contribution in [0.4, 0.5) is 5.69 Å². The number of aromatic carboxylic acids is 1. The number of carboxylic acids is 1. The Morgan fingerprint density at radius 2 is 2.05 bits per heavy atom. The van der Waals surface area contributed by atoms with Crippen molar-refractivity contribution < 1.29 is 23.1 Å². The van der Waals surface area contributed by atoms with Gasteiger partial charge in [0.2, 0.25) is 0 Å². The van der Waals surface area contributed by atoms with Crippen molar-refractivity contribution in [3.8, 4) is 5.75 Å². The summed E-state index contributed by atoms with van der Waals surface area (Å²) in [6.07, 6.45) is 0. The van der Waals surface area contributed by atoms with E-state index in [0.29, 0.717) is 0 Å². The normalized spacial score (nSPS) is 11.5. The average Bonchev–Trinajstić information content (AvgIpc) is 2.30. The molecule has 0 bridgehead atoms. The van der Waals surface area contributed by atoms with Gasteiger partial charge >= 0.3 is 5.97 Å². The Morgan fingerprint density at radius 1 is 1.42 bits per heavy atom. The number of benzene rings is 1. The van der Waals surface area contributed by atoms with E-state index in [1.807, 2.05) is 0 Å². The van der Waals surface area contributed by atoms with Crippen molar-refractivity contribution in [2.45, 2.75) is 19.1 Å². The first kappa shape index (κ1) is 15.3. The highest BCUT2D eigenvalue weighted by Crippen LogP contribution is 2.22. The van der Waals surface area contributed by atoms with Crippen molar-refractivity contribution in [3.63, 3.8) is 0 Å². The smallest absolute Gasteiger partial charge is 0.335 e. The van der Waals surface area contributed by atoms with Crippen LogP contribution in [0.2, 0.25) is 0 Å². The first-order valence-electron chi connectivity index (χ1n) is 5.71. The van der Waals surface area contributed by atoms with Crippen LogP contribution in [0, 0.1) is 0 Å². The van der Waals surface area contributed by atoms with Crippen LogP contribution < -0.4 is 10.5 Å². The number of anilines is 1. The van der Waals surface area contributed by atoms with Gasteiger partial charge in [-0.1, -0.05) is 0 Å². The van der Waals surface area contributed by atoms with Gasteiger partial charge in [-0.15, -0.1) is 0 Å². The van der Waals surface area contributed by atoms with Crippen LogP contribution in [0.15, 0.2) is 18.2 Å². The molecular formula is C12H17NO5S. The van der Waals surface area contributed by atoms with E-state index in [2.05, 4.69) is 0 Å². The second-order valence-electron chi connectivity index (χ2n) is 4.32. The van der Waals surface area contributed by atoms with Gasteiger partial charge in [0.15, 0.2) is 9.84 Å². The van der Waals surface area contributed by atoms with Crippen molar-refractivity contribution in [1.82, 2.24) is 0 Å². The van der Waals surface area contributed by atoms with Crippen molar-refractivity contribution >= 4 is 21.5 Å². The number of carbonyl (C=O) groups is 1. The number of sulfone groups is 1. The van der Waals surface area contributed by atoms with E-state index in [4.69, 9.17) is 15.6 Å². The number of nitrogens with two attached hydrogens (primary N) is 1. The Morgan fingerprint density at radius 3 is 2.58 bits per heavy atom. The van der Waals surface area contributed by atoms with Crippen molar-refractivity contribution in [3.05, 3.63) is 23.8 Å². The molecule has 0 spiro atoms. The van der Waals surface area contributed by atoms with Gasteiger partial charge in [-0.25, -0.2) is 13.2 Å². The third-order valence-electron chi connectivity index (χ3n) is 2.60. The minimum absolute atomic E-state index is 0.0379. The molecule has 0 aliphatic rings. The van der Waals surface area contributed by atoms with Crippen molar-refractivity contribution in [2.24, 2.45) is 0 Å². The molecule has 0 aromatic heterocycles. The van der Waals surface area contributed by atoms with Gasteiger partial charge in [0.1, 0.15) is 12.4 Å². The van der Waals surface area contributed by atoms with E-state index in [-0.39, 0.29) is 29.4 Å². The lowest BCUT2D eigenvalue weighted by Gasteiger charge is -2.11. The molecule has 1 aromatic carbocycles. The Balaban J connectivity index is 2.73. The minimum atomic E-state index is -3.19. The van der Waals surface area contributed by atoms with Gasteiger partial charge in [0.05, 0.1) is 22.3 Å². The predicted molar refractivity (Wildman–Crippen MR) is 72.2 cm³/mol. The van der Waals surface area contributed by atoms with Crippen LogP contribution in [0.25, 0.3) is 0 Å². The molecule has 0 saturated heterocycles. The largest absolute Gasteiger partial charge is 0.490 e. The molecule has 0 aliphatic carbocycles. The van der Waals surface area contributed by atoms with Gasteiger partial charge in [-0.2, -0.15) is 0 Å². The molecule has 106 valence electrons. The molecule has 0 atom stereocenters. The fourth-order valence-corrected chi connectivity index (χ4v) is 2.08. The average molecular weight is 287 g/mol. The fraction of sp³-hybridized carbons (Fsp3) is 0.417. The molecule has 0 aliphatic heterocycles. The van der Waals surface area contributed by atoms with Crippen LogP contribution >= 0.6 is 0 Å². The van der Waals surface area contributed by atoms with Crippen LogP contribution in [-0.4, -0.2) is 37.1 Å². The monoisotopic (exact) mass is 287 g/mol. The lowest BCUT2D eigenvalue weighted by atomic mass is 10.2. The van der Waals surface area contributed by atoms with E-state index in [9.17, 15) is 13.2 Å². The van der Waals surface area contributed by atoms with Gasteiger partial charge in [0, 0.05) is 0 Å². The Kier molecular flexibility index (Phi) is 4.77. The topological polar surface area (TPSA) is 107 Å². The summed E-state index contributed by atoms with van der Waals surface area (Å²) in [6, 6.07) is 4.05. The van der Waals surface area contributed by atoms with Crippen LogP contribution in [0.5, 0.6) is 5.75 Å². The van der Waals surface area contributed by atoms with E-state index >= 15 is 0 Å². The Labute approximate surface area is 112 Å². The molecular weight excluding hydrogens is 270 g/mol. The molecule has 0 radical (unpaired) electrons. The Hall–Kier alpha value is -1.76. The van der Waals surface area contributed by atoms with E-state index in [0.717, 1.165) is 0 Å². The van der Waals surface area contributed by atoms with E-state index in [1.54, 1.807) is 13.8 Å². The molecule has 0 saturated carbocycles. The predicted octanol–water partition coefficient (Wildman–Crippen LogP) is 1.17. The first-order chi connectivity index (χ1) is 8.74. The highest BCUT2D eigenvalue weighted by Gasteiger charge is 2.16. The fourth-order valence-electron chi connectivity index (χ4n) is 1.30. The molecule has 0 fully saturated rings. The lowest BCUT2D eigenvalue weighted by Crippen LogP contribution is -2.22. The molecule has 0 amide bonds. The molecule has 1 aromatic rings. The lowest BCUT2D eigenvalue weighted by molar-refractivity contribution is 0.0696. The maximum absolute atomic E-state index is 11.6. The summed E-state index contributed by atoms with van der Waals surface area (Å²) in [6.45, 7) is 3.12. The zero-order valence-electron chi connectivity index (χ0n) is 10.8. The second kappa shape index (κ2) is 5.92. The summed E-state index contributed by atoms with van der Waals surface area (Å²) in [5.74, 6) is -1.06. The maximum atomic E-state index is 11.6. The summed E-state index contributed by atoms with van der Waals surface area (Å²) in [7, 11) is -3.19. The number of carboxylic acid groups (broad SMARTS) is 1. The van der Waals surface area contributed by atoms with Crippen LogP contribution in [0.1, 0.15) is 24.2 Å². The highest BCUT2D eigenvalue weighted by molar-refractivity contribution is 7.91. The SMILES string of the molecule is CC(C)S(=O)(=O)CCOc1cc(C(=O)O)ccc1N.